The maximum Gasteiger partial charge on any atom is 0.266 e. The molecule has 240 valence electrons. The van der Waals surface area contributed by atoms with E-state index < -0.39 is 27.4 Å². The highest BCUT2D eigenvalue weighted by Crippen LogP contribution is 2.43. The number of amides is 1. The van der Waals surface area contributed by atoms with E-state index in [4.69, 9.17) is 19.6 Å². The number of nitrogens with one attached hydrogen (secondary N) is 2. The number of aliphatic imine (C=N–C) groups is 1. The van der Waals surface area contributed by atoms with Gasteiger partial charge in [-0.05, 0) is 60.0 Å². The molecular weight excluding hydrogens is 609 g/mol. The molecule has 4 aromatic carbocycles. The summed E-state index contributed by atoms with van der Waals surface area (Å²) in [7, 11) is -3.79. The van der Waals surface area contributed by atoms with Crippen LogP contribution in [0.1, 0.15) is 35.6 Å². The maximum absolute atomic E-state index is 14.2. The second kappa shape index (κ2) is 15.1. The number of halogens is 1. The highest BCUT2D eigenvalue weighted by Gasteiger charge is 2.53. The number of carbonyl (C=O) groups excluding carboxylic acids is 1. The number of aliphatic hydroxyl groups is 1. The Balaban J connectivity index is 1.46. The number of carbonyl (C=O) groups is 1. The van der Waals surface area contributed by atoms with Crippen LogP contribution in [0.25, 0.3) is 0 Å². The molecule has 5 rings (SSSR count). The summed E-state index contributed by atoms with van der Waals surface area (Å²) in [6.07, 6.45) is -0.337. The third kappa shape index (κ3) is 7.79. The summed E-state index contributed by atoms with van der Waals surface area (Å²) >= 11 is 0. The van der Waals surface area contributed by atoms with Crippen molar-refractivity contribution in [2.75, 3.05) is 25.5 Å². The van der Waals surface area contributed by atoms with Gasteiger partial charge in [0.2, 0.25) is 5.90 Å². The van der Waals surface area contributed by atoms with Crippen LogP contribution in [0.3, 0.4) is 0 Å². The quantitative estimate of drug-likeness (QED) is 0.128. The van der Waals surface area contributed by atoms with Gasteiger partial charge in [-0.3, -0.25) is 10.2 Å². The summed E-state index contributed by atoms with van der Waals surface area (Å²) in [5.41, 5.74) is 5.61. The summed E-state index contributed by atoms with van der Waals surface area (Å²) in [6, 6.07) is 30.5. The highest BCUT2D eigenvalue weighted by atomic mass is 32.2. The normalized spacial score (nSPS) is 17.6. The first-order chi connectivity index (χ1) is 22.3. The third-order valence-corrected chi connectivity index (χ3v) is 9.40. The van der Waals surface area contributed by atoms with Gasteiger partial charge in [-0.2, -0.15) is 0 Å². The van der Waals surface area contributed by atoms with Crippen molar-refractivity contribution in [1.29, 1.82) is 0 Å². The molecule has 1 aliphatic rings. The van der Waals surface area contributed by atoms with Gasteiger partial charge in [-0.15, -0.1) is 0 Å². The van der Waals surface area contributed by atoms with Crippen LogP contribution in [0.15, 0.2) is 119 Å². The average molecular weight is 646 g/mol. The molecule has 0 saturated carbocycles. The van der Waals surface area contributed by atoms with Gasteiger partial charge in [0, 0.05) is 31.6 Å². The molecule has 4 aromatic rings. The summed E-state index contributed by atoms with van der Waals surface area (Å²) in [4.78, 5) is 19.2. The van der Waals surface area contributed by atoms with Crippen LogP contribution in [0.4, 0.5) is 4.39 Å². The van der Waals surface area contributed by atoms with Crippen LogP contribution in [0.5, 0.6) is 5.75 Å². The highest BCUT2D eigenvalue weighted by molar-refractivity contribution is 7.91. The Labute approximate surface area is 268 Å². The van der Waals surface area contributed by atoms with Crippen molar-refractivity contribution in [3.05, 3.63) is 132 Å². The van der Waals surface area contributed by atoms with E-state index in [1.165, 1.54) is 18.2 Å². The molecule has 11 heteroatoms. The number of hydrazine groups is 1. The van der Waals surface area contributed by atoms with Crippen molar-refractivity contribution in [2.24, 2.45) is 4.99 Å². The number of nitrogens with zero attached hydrogens (tertiary/aromatic N) is 1. The standard InChI is InChI=1S/C35H36FN3O6S/c36-31-15-8-7-10-26(31)20-22-37-39-34(41)35(21-25-46(42,43)30-13-5-2-6-14-30)32(27-11-3-1-4-12-27)45-33(38-35)28-16-18-29(19-17-28)44-24-9-23-40/h1-8,10-19,32,37,40H,9,20-25H2,(H,39,41)/t32-,35-/m0/s1. The molecule has 0 aliphatic carbocycles. The largest absolute Gasteiger partial charge is 0.494 e. The predicted molar refractivity (Wildman–Crippen MR) is 173 cm³/mol. The van der Waals surface area contributed by atoms with E-state index in [1.807, 2.05) is 18.2 Å². The molecule has 0 bridgehead atoms. The van der Waals surface area contributed by atoms with Crippen LogP contribution >= 0.6 is 0 Å². The van der Waals surface area contributed by atoms with E-state index in [0.29, 0.717) is 41.9 Å². The predicted octanol–water partition coefficient (Wildman–Crippen LogP) is 4.57. The molecule has 0 unspecified atom stereocenters. The molecule has 3 N–H and O–H groups in total. The Hall–Kier alpha value is -4.58. The minimum Gasteiger partial charge on any atom is -0.494 e. The van der Waals surface area contributed by atoms with Gasteiger partial charge in [0.1, 0.15) is 11.6 Å². The first kappa shape index (κ1) is 32.8. The molecule has 0 spiro atoms. The summed E-state index contributed by atoms with van der Waals surface area (Å²) in [5.74, 6) is -0.537. The fourth-order valence-corrected chi connectivity index (χ4v) is 6.57. The number of benzene rings is 4. The molecule has 1 aliphatic heterocycles. The van der Waals surface area contributed by atoms with Crippen molar-refractivity contribution < 1.29 is 32.2 Å². The van der Waals surface area contributed by atoms with Gasteiger partial charge in [0.05, 0.1) is 17.3 Å². The van der Waals surface area contributed by atoms with E-state index in [0.717, 1.165) is 0 Å². The first-order valence-electron chi connectivity index (χ1n) is 15.0. The molecule has 2 atom stereocenters. The number of hydrogen-bond acceptors (Lipinski definition) is 8. The topological polar surface area (TPSA) is 126 Å². The minimum absolute atomic E-state index is 0.0196. The lowest BCUT2D eigenvalue weighted by molar-refractivity contribution is -0.130. The zero-order valence-electron chi connectivity index (χ0n) is 25.1. The second-order valence-electron chi connectivity index (χ2n) is 10.8. The fourth-order valence-electron chi connectivity index (χ4n) is 5.18. The van der Waals surface area contributed by atoms with Crippen molar-refractivity contribution in [1.82, 2.24) is 10.9 Å². The molecule has 1 heterocycles. The monoisotopic (exact) mass is 645 g/mol. The number of rotatable bonds is 15. The SMILES string of the molecule is O=C(NNCCc1ccccc1F)[C@@]1(CCS(=O)(=O)c2ccccc2)N=C(c2ccc(OCCCO)cc2)O[C@H]1c1ccccc1. The van der Waals surface area contributed by atoms with Gasteiger partial charge in [-0.1, -0.05) is 66.7 Å². The molecule has 9 nitrogen and oxygen atoms in total. The van der Waals surface area contributed by atoms with Crippen molar-refractivity contribution in [3.63, 3.8) is 0 Å². The summed E-state index contributed by atoms with van der Waals surface area (Å²) in [5, 5.41) is 9.03. The Kier molecular flexibility index (Phi) is 10.8. The zero-order valence-corrected chi connectivity index (χ0v) is 26.0. The van der Waals surface area contributed by atoms with E-state index in [-0.39, 0.29) is 41.9 Å². The van der Waals surface area contributed by atoms with E-state index in [2.05, 4.69) is 10.9 Å². The molecule has 0 saturated heterocycles. The lowest BCUT2D eigenvalue weighted by Gasteiger charge is -2.30. The molecular formula is C35H36FN3O6S. The van der Waals surface area contributed by atoms with Crippen molar-refractivity contribution >= 4 is 21.6 Å². The van der Waals surface area contributed by atoms with Crippen LogP contribution in [-0.2, 0) is 25.8 Å². The summed E-state index contributed by atoms with van der Waals surface area (Å²) < 4.78 is 53.1. The van der Waals surface area contributed by atoms with E-state index in [1.54, 1.807) is 72.8 Å². The average Bonchev–Trinajstić information content (AvgIpc) is 3.49. The van der Waals surface area contributed by atoms with Gasteiger partial charge < -0.3 is 14.6 Å². The van der Waals surface area contributed by atoms with Gasteiger partial charge in [-0.25, -0.2) is 23.2 Å². The van der Waals surface area contributed by atoms with Crippen molar-refractivity contribution in [2.45, 2.75) is 35.8 Å². The van der Waals surface area contributed by atoms with Crippen LogP contribution in [0, 0.1) is 5.82 Å². The van der Waals surface area contributed by atoms with Gasteiger partial charge >= 0.3 is 0 Å². The lowest BCUT2D eigenvalue weighted by atomic mass is 9.85. The second-order valence-corrected chi connectivity index (χ2v) is 12.9. The van der Waals surface area contributed by atoms with Crippen molar-refractivity contribution in [3.8, 4) is 5.75 Å². The number of aliphatic hydroxyl groups excluding tert-OH is 1. The smallest absolute Gasteiger partial charge is 0.266 e. The number of sulfone groups is 1. The zero-order chi connectivity index (χ0) is 32.4. The maximum atomic E-state index is 14.2. The van der Waals surface area contributed by atoms with Crippen LogP contribution in [-0.4, -0.2) is 56.4 Å². The molecule has 0 aromatic heterocycles. The molecule has 46 heavy (non-hydrogen) atoms. The van der Waals surface area contributed by atoms with Crippen LogP contribution < -0.4 is 15.6 Å². The van der Waals surface area contributed by atoms with Crippen LogP contribution in [0.2, 0.25) is 0 Å². The number of ether oxygens (including phenoxy) is 2. The summed E-state index contributed by atoms with van der Waals surface area (Å²) in [6.45, 7) is 0.592. The molecule has 0 radical (unpaired) electrons. The molecule has 0 fully saturated rings. The Morgan fingerprint density at radius 2 is 1.61 bits per heavy atom. The van der Waals surface area contributed by atoms with Gasteiger partial charge in [0.15, 0.2) is 21.5 Å². The van der Waals surface area contributed by atoms with E-state index >= 15 is 0 Å². The third-order valence-electron chi connectivity index (χ3n) is 7.67. The van der Waals surface area contributed by atoms with Gasteiger partial charge in [0.25, 0.3) is 5.91 Å². The Bertz CT molecular complexity index is 1740. The Morgan fingerprint density at radius 1 is 0.935 bits per heavy atom. The first-order valence-corrected chi connectivity index (χ1v) is 16.7. The Morgan fingerprint density at radius 3 is 2.30 bits per heavy atom. The van der Waals surface area contributed by atoms with E-state index in [9.17, 15) is 17.6 Å². The fraction of sp³-hybridized carbons (Fsp3) is 0.257. The lowest BCUT2D eigenvalue weighted by Crippen LogP contribution is -2.53. The molecule has 1 amide bonds. The minimum atomic E-state index is -3.79. The number of hydrogen-bond donors (Lipinski definition) is 3.